The van der Waals surface area contributed by atoms with Gasteiger partial charge in [-0.2, -0.15) is 0 Å². The second-order valence-electron chi connectivity index (χ2n) is 3.20. The first-order valence-electron chi connectivity index (χ1n) is 5.21. The van der Waals surface area contributed by atoms with Crippen LogP contribution in [0.2, 0.25) is 0 Å². The van der Waals surface area contributed by atoms with E-state index in [-0.39, 0.29) is 9.83 Å². The molecule has 2 nitrogen and oxygen atoms in total. The quantitative estimate of drug-likeness (QED) is 0.306. The summed E-state index contributed by atoms with van der Waals surface area (Å²) in [6.45, 7) is 9.35. The molecule has 0 saturated carbocycles. The second kappa shape index (κ2) is 8.26. The van der Waals surface area contributed by atoms with Crippen molar-refractivity contribution in [2.24, 2.45) is 0 Å². The zero-order valence-electron chi connectivity index (χ0n) is 9.13. The highest BCUT2D eigenvalue weighted by atomic mass is 127. The Bertz CT molecular complexity index is 178. The predicted octanol–water partition coefficient (Wildman–Crippen LogP) is 3.01. The van der Waals surface area contributed by atoms with Gasteiger partial charge in [0.2, 0.25) is 5.91 Å². The molecule has 0 saturated heterocycles. The Morgan fingerprint density at radius 3 is 2.50 bits per heavy atom. The molecule has 0 aromatic rings. The Labute approximate surface area is 101 Å². The maximum atomic E-state index is 11.8. The number of halogens is 1. The minimum Gasteiger partial charge on any atom is -0.342 e. The number of carbonyl (C=O) groups excluding carboxylic acids is 1. The molecule has 0 aliphatic carbocycles. The molecule has 0 fully saturated rings. The zero-order chi connectivity index (χ0) is 11.0. The predicted molar refractivity (Wildman–Crippen MR) is 69.8 cm³/mol. The van der Waals surface area contributed by atoms with Gasteiger partial charge < -0.3 is 4.90 Å². The van der Waals surface area contributed by atoms with E-state index in [1.54, 1.807) is 0 Å². The number of rotatable bonds is 7. The van der Waals surface area contributed by atoms with Gasteiger partial charge in [0.1, 0.15) is 0 Å². The summed E-state index contributed by atoms with van der Waals surface area (Å²) in [5.41, 5.74) is 0. The highest BCUT2D eigenvalue weighted by Gasteiger charge is 2.18. The summed E-state index contributed by atoms with van der Waals surface area (Å²) in [6.07, 6.45) is 4.93. The van der Waals surface area contributed by atoms with E-state index in [1.807, 2.05) is 24.8 Å². The van der Waals surface area contributed by atoms with Crippen LogP contribution in [0.5, 0.6) is 0 Å². The second-order valence-corrected chi connectivity index (χ2v) is 4.70. The molecular formula is C11H20INO. The van der Waals surface area contributed by atoms with Crippen LogP contribution in [0.25, 0.3) is 0 Å². The fourth-order valence-electron chi connectivity index (χ4n) is 1.30. The van der Waals surface area contributed by atoms with E-state index < -0.39 is 0 Å². The third-order valence-electron chi connectivity index (χ3n) is 2.21. The van der Waals surface area contributed by atoms with Crippen LogP contribution in [-0.2, 0) is 4.79 Å². The largest absolute Gasteiger partial charge is 0.342 e. The molecule has 0 bridgehead atoms. The molecule has 0 aliphatic rings. The number of alkyl halides is 1. The Morgan fingerprint density at radius 2 is 2.07 bits per heavy atom. The minimum absolute atomic E-state index is 0.132. The number of unbranched alkanes of at least 4 members (excludes halogenated alkanes) is 1. The van der Waals surface area contributed by atoms with Gasteiger partial charge in [0.05, 0.1) is 3.92 Å². The van der Waals surface area contributed by atoms with Crippen LogP contribution in [-0.4, -0.2) is 27.8 Å². The van der Waals surface area contributed by atoms with E-state index in [0.29, 0.717) is 0 Å². The summed E-state index contributed by atoms with van der Waals surface area (Å²) >= 11 is 2.24. The standard InChI is InChI=1S/C11H20INO/c1-4-7-8-9-10(12)11(14)13(5-2)6-3/h4,10H,1,5-9H2,2-3H3. The van der Waals surface area contributed by atoms with Crippen molar-refractivity contribution in [3.05, 3.63) is 12.7 Å². The molecule has 1 unspecified atom stereocenters. The van der Waals surface area contributed by atoms with Gasteiger partial charge in [0, 0.05) is 13.1 Å². The molecule has 1 amide bonds. The molecule has 0 spiro atoms. The van der Waals surface area contributed by atoms with Crippen molar-refractivity contribution >= 4 is 28.5 Å². The van der Waals surface area contributed by atoms with Gasteiger partial charge >= 0.3 is 0 Å². The molecule has 0 heterocycles. The smallest absolute Gasteiger partial charge is 0.235 e. The van der Waals surface area contributed by atoms with E-state index in [4.69, 9.17) is 0 Å². The molecule has 0 aromatic carbocycles. The highest BCUT2D eigenvalue weighted by Crippen LogP contribution is 2.13. The zero-order valence-corrected chi connectivity index (χ0v) is 11.3. The number of amides is 1. The van der Waals surface area contributed by atoms with E-state index in [9.17, 15) is 4.79 Å². The number of allylic oxidation sites excluding steroid dienone is 1. The summed E-state index contributed by atoms with van der Waals surface area (Å²) in [5.74, 6) is 0.277. The van der Waals surface area contributed by atoms with Crippen molar-refractivity contribution in [1.29, 1.82) is 0 Å². The van der Waals surface area contributed by atoms with Crippen LogP contribution in [0.3, 0.4) is 0 Å². The Kier molecular flexibility index (Phi) is 8.23. The Morgan fingerprint density at radius 1 is 1.50 bits per heavy atom. The van der Waals surface area contributed by atoms with Crippen molar-refractivity contribution in [2.45, 2.75) is 37.0 Å². The fraction of sp³-hybridized carbons (Fsp3) is 0.727. The van der Waals surface area contributed by atoms with Crippen LogP contribution in [0.15, 0.2) is 12.7 Å². The molecule has 0 radical (unpaired) electrons. The molecule has 14 heavy (non-hydrogen) atoms. The van der Waals surface area contributed by atoms with Gasteiger partial charge in [0.25, 0.3) is 0 Å². The summed E-state index contributed by atoms with van der Waals surface area (Å²) in [6, 6.07) is 0. The topological polar surface area (TPSA) is 20.3 Å². The number of hydrogen-bond donors (Lipinski definition) is 0. The summed E-state index contributed by atoms with van der Waals surface area (Å²) in [5, 5.41) is 0. The van der Waals surface area contributed by atoms with Crippen molar-refractivity contribution < 1.29 is 4.79 Å². The molecule has 1 atom stereocenters. The molecule has 0 N–H and O–H groups in total. The maximum Gasteiger partial charge on any atom is 0.235 e. The minimum atomic E-state index is 0.132. The van der Waals surface area contributed by atoms with Gasteiger partial charge in [0.15, 0.2) is 0 Å². The molecular weight excluding hydrogens is 289 g/mol. The molecule has 0 aliphatic heterocycles. The lowest BCUT2D eigenvalue weighted by Crippen LogP contribution is -2.36. The van der Waals surface area contributed by atoms with E-state index in [2.05, 4.69) is 29.2 Å². The average Bonchev–Trinajstić information content (AvgIpc) is 2.19. The maximum absolute atomic E-state index is 11.8. The van der Waals surface area contributed by atoms with Gasteiger partial charge in [-0.1, -0.05) is 28.7 Å². The first kappa shape index (κ1) is 13.9. The molecule has 0 rings (SSSR count). The van der Waals surface area contributed by atoms with Gasteiger partial charge in [-0.3, -0.25) is 4.79 Å². The van der Waals surface area contributed by atoms with Crippen LogP contribution < -0.4 is 0 Å². The fourth-order valence-corrected chi connectivity index (χ4v) is 2.13. The van der Waals surface area contributed by atoms with Crippen molar-refractivity contribution in [3.8, 4) is 0 Å². The monoisotopic (exact) mass is 309 g/mol. The van der Waals surface area contributed by atoms with Gasteiger partial charge in [-0.25, -0.2) is 0 Å². The van der Waals surface area contributed by atoms with Crippen LogP contribution in [0.1, 0.15) is 33.1 Å². The van der Waals surface area contributed by atoms with E-state index in [1.165, 1.54) is 0 Å². The van der Waals surface area contributed by atoms with Crippen molar-refractivity contribution in [3.63, 3.8) is 0 Å². The SMILES string of the molecule is C=CCCCC(I)C(=O)N(CC)CC. The number of carbonyl (C=O) groups is 1. The summed E-state index contributed by atoms with van der Waals surface area (Å²) in [7, 11) is 0. The number of nitrogens with zero attached hydrogens (tertiary/aromatic N) is 1. The Balaban J connectivity index is 3.90. The molecule has 82 valence electrons. The van der Waals surface area contributed by atoms with Crippen LogP contribution >= 0.6 is 22.6 Å². The number of hydrogen-bond acceptors (Lipinski definition) is 1. The lowest BCUT2D eigenvalue weighted by atomic mass is 10.2. The first-order chi connectivity index (χ1) is 6.67. The van der Waals surface area contributed by atoms with Crippen LogP contribution in [0, 0.1) is 0 Å². The molecule has 0 aromatic heterocycles. The highest BCUT2D eigenvalue weighted by molar-refractivity contribution is 14.1. The van der Waals surface area contributed by atoms with Crippen molar-refractivity contribution in [1.82, 2.24) is 4.90 Å². The summed E-state index contributed by atoms with van der Waals surface area (Å²) in [4.78, 5) is 13.7. The van der Waals surface area contributed by atoms with Crippen molar-refractivity contribution in [2.75, 3.05) is 13.1 Å². The third-order valence-corrected chi connectivity index (χ3v) is 3.36. The Hall–Kier alpha value is -0.0600. The lowest BCUT2D eigenvalue weighted by molar-refractivity contribution is -0.129. The average molecular weight is 309 g/mol. The van der Waals surface area contributed by atoms with Gasteiger partial charge in [-0.15, -0.1) is 6.58 Å². The normalized spacial score (nSPS) is 12.2. The summed E-state index contributed by atoms with van der Waals surface area (Å²) < 4.78 is 0.132. The van der Waals surface area contributed by atoms with Crippen LogP contribution in [0.4, 0.5) is 0 Å². The first-order valence-corrected chi connectivity index (χ1v) is 6.45. The van der Waals surface area contributed by atoms with E-state index in [0.717, 1.165) is 32.4 Å². The van der Waals surface area contributed by atoms with E-state index >= 15 is 0 Å². The third kappa shape index (κ3) is 4.98. The molecule has 3 heteroatoms. The lowest BCUT2D eigenvalue weighted by Gasteiger charge is -2.21. The van der Waals surface area contributed by atoms with Gasteiger partial charge in [-0.05, 0) is 33.1 Å².